The van der Waals surface area contributed by atoms with Crippen LogP contribution >= 0.6 is 0 Å². The maximum atomic E-state index is 5.26. The molecule has 0 radical (unpaired) electrons. The molecule has 0 aromatic carbocycles. The monoisotopic (exact) mass is 130 g/mol. The number of nitrogens with one attached hydrogen (secondary N) is 1. The summed E-state index contributed by atoms with van der Waals surface area (Å²) >= 11 is 0. The van der Waals surface area contributed by atoms with Crippen LogP contribution in [0.3, 0.4) is 0 Å². The van der Waals surface area contributed by atoms with Crippen molar-refractivity contribution in [1.82, 2.24) is 5.43 Å². The standard InChI is InChI=1S/C6H14N2O/c1-5-2-3-9-4-6(5)8-7/h5-6,8H,2-4,7H2,1H3/t5-,6-/m1/s1. The SMILES string of the molecule is C[C@@H]1CCOC[C@H]1NN. The first-order valence-electron chi connectivity index (χ1n) is 3.38. The second kappa shape index (κ2) is 3.15. The predicted molar refractivity (Wildman–Crippen MR) is 35.7 cm³/mol. The summed E-state index contributed by atoms with van der Waals surface area (Å²) in [5, 5.41) is 0. The van der Waals surface area contributed by atoms with Crippen LogP contribution in [0.5, 0.6) is 0 Å². The molecule has 0 aliphatic carbocycles. The van der Waals surface area contributed by atoms with Crippen molar-refractivity contribution in [1.29, 1.82) is 0 Å². The molecule has 0 aromatic heterocycles. The number of hydrogen-bond acceptors (Lipinski definition) is 3. The van der Waals surface area contributed by atoms with Crippen LogP contribution in [0, 0.1) is 5.92 Å². The van der Waals surface area contributed by atoms with Crippen molar-refractivity contribution in [3.8, 4) is 0 Å². The lowest BCUT2D eigenvalue weighted by Gasteiger charge is -2.27. The van der Waals surface area contributed by atoms with Crippen molar-refractivity contribution in [2.45, 2.75) is 19.4 Å². The van der Waals surface area contributed by atoms with E-state index >= 15 is 0 Å². The van der Waals surface area contributed by atoms with Gasteiger partial charge in [-0.25, -0.2) is 0 Å². The van der Waals surface area contributed by atoms with Gasteiger partial charge in [-0.3, -0.25) is 11.3 Å². The fraction of sp³-hybridized carbons (Fsp3) is 1.00. The Morgan fingerprint density at radius 1 is 1.67 bits per heavy atom. The molecule has 1 heterocycles. The minimum absolute atomic E-state index is 0.360. The Hall–Kier alpha value is -0.120. The van der Waals surface area contributed by atoms with Crippen molar-refractivity contribution < 1.29 is 4.74 Å². The summed E-state index contributed by atoms with van der Waals surface area (Å²) in [5.74, 6) is 5.92. The summed E-state index contributed by atoms with van der Waals surface area (Å²) in [4.78, 5) is 0. The average molecular weight is 130 g/mol. The number of hydrazine groups is 1. The Labute approximate surface area is 55.5 Å². The summed E-state index contributed by atoms with van der Waals surface area (Å²) in [7, 11) is 0. The number of hydrogen-bond donors (Lipinski definition) is 2. The fourth-order valence-corrected chi connectivity index (χ4v) is 1.06. The molecule has 1 rings (SSSR count). The minimum Gasteiger partial charge on any atom is -0.380 e. The Bertz CT molecular complexity index is 87.1. The highest BCUT2D eigenvalue weighted by molar-refractivity contribution is 4.73. The smallest absolute Gasteiger partial charge is 0.0635 e. The molecule has 0 unspecified atom stereocenters. The van der Waals surface area contributed by atoms with Gasteiger partial charge in [0.1, 0.15) is 0 Å². The van der Waals surface area contributed by atoms with Gasteiger partial charge in [0.25, 0.3) is 0 Å². The molecule has 9 heavy (non-hydrogen) atoms. The number of nitrogens with two attached hydrogens (primary N) is 1. The van der Waals surface area contributed by atoms with Crippen LogP contribution in [-0.2, 0) is 4.74 Å². The van der Waals surface area contributed by atoms with Gasteiger partial charge in [0, 0.05) is 12.6 Å². The zero-order valence-corrected chi connectivity index (χ0v) is 5.76. The molecule has 1 saturated heterocycles. The first kappa shape index (κ1) is 6.99. The Morgan fingerprint density at radius 3 is 2.89 bits per heavy atom. The molecule has 54 valence electrons. The van der Waals surface area contributed by atoms with Crippen molar-refractivity contribution in [3.63, 3.8) is 0 Å². The molecule has 0 amide bonds. The highest BCUT2D eigenvalue weighted by atomic mass is 16.5. The number of ether oxygens (including phenoxy) is 1. The average Bonchev–Trinajstić information content (AvgIpc) is 1.89. The molecule has 3 N–H and O–H groups in total. The highest BCUT2D eigenvalue weighted by Crippen LogP contribution is 2.12. The maximum Gasteiger partial charge on any atom is 0.0635 e. The molecular formula is C6H14N2O. The lowest BCUT2D eigenvalue weighted by Crippen LogP contribution is -2.46. The van der Waals surface area contributed by atoms with E-state index in [1.807, 2.05) is 0 Å². The Morgan fingerprint density at radius 2 is 2.44 bits per heavy atom. The van der Waals surface area contributed by atoms with Gasteiger partial charge >= 0.3 is 0 Å². The van der Waals surface area contributed by atoms with Gasteiger partial charge in [0.05, 0.1) is 6.61 Å². The summed E-state index contributed by atoms with van der Waals surface area (Å²) in [6.07, 6.45) is 1.12. The van der Waals surface area contributed by atoms with E-state index in [1.165, 1.54) is 0 Å². The van der Waals surface area contributed by atoms with Gasteiger partial charge in [-0.05, 0) is 12.3 Å². The zero-order chi connectivity index (χ0) is 6.69. The molecule has 1 aliphatic rings. The second-order valence-electron chi connectivity index (χ2n) is 2.61. The van der Waals surface area contributed by atoms with Crippen LogP contribution in [-0.4, -0.2) is 19.3 Å². The summed E-state index contributed by atoms with van der Waals surface area (Å²) in [5.41, 5.74) is 2.73. The van der Waals surface area contributed by atoms with Gasteiger partial charge < -0.3 is 4.74 Å². The van der Waals surface area contributed by atoms with Crippen LogP contribution in [0.2, 0.25) is 0 Å². The van der Waals surface area contributed by atoms with Crippen LogP contribution in [0.1, 0.15) is 13.3 Å². The first-order chi connectivity index (χ1) is 4.34. The fourth-order valence-electron chi connectivity index (χ4n) is 1.06. The van der Waals surface area contributed by atoms with Crippen LogP contribution in [0.4, 0.5) is 0 Å². The molecule has 0 bridgehead atoms. The molecule has 0 saturated carbocycles. The van der Waals surface area contributed by atoms with Crippen LogP contribution < -0.4 is 11.3 Å². The maximum absolute atomic E-state index is 5.26. The summed E-state index contributed by atoms with van der Waals surface area (Å²) < 4.78 is 5.20. The Kier molecular flexibility index (Phi) is 2.45. The van der Waals surface area contributed by atoms with Gasteiger partial charge in [-0.1, -0.05) is 6.92 Å². The summed E-state index contributed by atoms with van der Waals surface area (Å²) in [6, 6.07) is 0.360. The van der Waals surface area contributed by atoms with E-state index in [9.17, 15) is 0 Å². The van der Waals surface area contributed by atoms with Gasteiger partial charge in [-0.15, -0.1) is 0 Å². The van der Waals surface area contributed by atoms with Gasteiger partial charge in [0.15, 0.2) is 0 Å². The molecule has 1 fully saturated rings. The van der Waals surface area contributed by atoms with Crippen molar-refractivity contribution in [2.24, 2.45) is 11.8 Å². The summed E-state index contributed by atoms with van der Waals surface area (Å²) in [6.45, 7) is 3.84. The predicted octanol–water partition coefficient (Wildman–Crippen LogP) is -0.125. The lowest BCUT2D eigenvalue weighted by atomic mass is 9.98. The lowest BCUT2D eigenvalue weighted by molar-refractivity contribution is 0.0417. The van der Waals surface area contributed by atoms with Crippen molar-refractivity contribution in [3.05, 3.63) is 0 Å². The van der Waals surface area contributed by atoms with Gasteiger partial charge in [0.2, 0.25) is 0 Å². The zero-order valence-electron chi connectivity index (χ0n) is 5.76. The van der Waals surface area contributed by atoms with Gasteiger partial charge in [-0.2, -0.15) is 0 Å². The molecule has 2 atom stereocenters. The van der Waals surface area contributed by atoms with E-state index < -0.39 is 0 Å². The normalized spacial score (nSPS) is 36.7. The minimum atomic E-state index is 0.360. The van der Waals surface area contributed by atoms with Crippen LogP contribution in [0.15, 0.2) is 0 Å². The van der Waals surface area contributed by atoms with E-state index in [2.05, 4.69) is 12.3 Å². The van der Waals surface area contributed by atoms with E-state index in [-0.39, 0.29) is 0 Å². The largest absolute Gasteiger partial charge is 0.380 e. The van der Waals surface area contributed by atoms with E-state index in [4.69, 9.17) is 10.6 Å². The van der Waals surface area contributed by atoms with E-state index in [0.29, 0.717) is 12.0 Å². The molecule has 3 heteroatoms. The Balaban J connectivity index is 2.30. The van der Waals surface area contributed by atoms with E-state index in [0.717, 1.165) is 19.6 Å². The van der Waals surface area contributed by atoms with Crippen molar-refractivity contribution in [2.75, 3.05) is 13.2 Å². The van der Waals surface area contributed by atoms with Crippen molar-refractivity contribution >= 4 is 0 Å². The first-order valence-corrected chi connectivity index (χ1v) is 3.38. The highest BCUT2D eigenvalue weighted by Gasteiger charge is 2.19. The molecule has 0 aromatic rings. The molecule has 1 aliphatic heterocycles. The number of rotatable bonds is 1. The third-order valence-corrected chi connectivity index (χ3v) is 1.92. The molecule has 0 spiro atoms. The van der Waals surface area contributed by atoms with E-state index in [1.54, 1.807) is 0 Å². The molecular weight excluding hydrogens is 116 g/mol. The third-order valence-electron chi connectivity index (χ3n) is 1.92. The van der Waals surface area contributed by atoms with Crippen LogP contribution in [0.25, 0.3) is 0 Å². The molecule has 3 nitrogen and oxygen atoms in total. The quantitative estimate of drug-likeness (QED) is 0.384. The third kappa shape index (κ3) is 1.64. The second-order valence-corrected chi connectivity index (χ2v) is 2.61. The topological polar surface area (TPSA) is 47.3 Å².